The van der Waals surface area contributed by atoms with Crippen molar-refractivity contribution < 1.29 is 9.18 Å². The predicted molar refractivity (Wildman–Crippen MR) is 61.5 cm³/mol. The number of hydrogen-bond donors (Lipinski definition) is 2. The molecule has 4 heteroatoms. The van der Waals surface area contributed by atoms with Crippen LogP contribution < -0.4 is 10.6 Å². The molecule has 3 nitrogen and oxygen atoms in total. The van der Waals surface area contributed by atoms with Crippen molar-refractivity contribution in [2.75, 3.05) is 18.4 Å². The van der Waals surface area contributed by atoms with Crippen LogP contribution in [0, 0.1) is 25.1 Å². The minimum Gasteiger partial charge on any atom is -0.322 e. The van der Waals surface area contributed by atoms with E-state index < -0.39 is 5.82 Å². The maximum absolute atomic E-state index is 13.3. The van der Waals surface area contributed by atoms with Gasteiger partial charge in [0, 0.05) is 0 Å². The molecule has 84 valence electrons. The molecule has 1 aromatic rings. The van der Waals surface area contributed by atoms with Crippen LogP contribution in [0.2, 0.25) is 0 Å². The first kappa shape index (κ1) is 12.2. The molecule has 0 aliphatic rings. The van der Waals surface area contributed by atoms with E-state index in [1.807, 2.05) is 6.92 Å². The Balaban J connectivity index is 2.56. The SMILES string of the molecule is C#CCNCC(=O)Nc1cc(C)ccc1F. The first-order valence-corrected chi connectivity index (χ1v) is 4.83. The van der Waals surface area contributed by atoms with E-state index in [9.17, 15) is 9.18 Å². The van der Waals surface area contributed by atoms with Gasteiger partial charge >= 0.3 is 0 Å². The zero-order chi connectivity index (χ0) is 12.0. The molecule has 0 saturated carbocycles. The Morgan fingerprint density at radius 1 is 1.56 bits per heavy atom. The summed E-state index contributed by atoms with van der Waals surface area (Å²) in [4.78, 5) is 11.3. The second-order valence-corrected chi connectivity index (χ2v) is 3.34. The lowest BCUT2D eigenvalue weighted by atomic mass is 10.2. The molecule has 1 aromatic carbocycles. The molecule has 0 atom stereocenters. The summed E-state index contributed by atoms with van der Waals surface area (Å²) in [7, 11) is 0. The molecule has 1 amide bonds. The molecule has 0 heterocycles. The number of carbonyl (C=O) groups excluding carboxylic acids is 1. The van der Waals surface area contributed by atoms with E-state index in [0.717, 1.165) is 5.56 Å². The van der Waals surface area contributed by atoms with Gasteiger partial charge in [0.1, 0.15) is 5.82 Å². The Morgan fingerprint density at radius 2 is 2.31 bits per heavy atom. The molecular weight excluding hydrogens is 207 g/mol. The number of amides is 1. The molecule has 2 N–H and O–H groups in total. The summed E-state index contributed by atoms with van der Waals surface area (Å²) in [5, 5.41) is 5.18. The fourth-order valence-electron chi connectivity index (χ4n) is 1.18. The number of hydrogen-bond acceptors (Lipinski definition) is 2. The predicted octanol–water partition coefficient (Wildman–Crippen LogP) is 1.30. The normalized spacial score (nSPS) is 9.56. The minimum absolute atomic E-state index is 0.0670. The van der Waals surface area contributed by atoms with Crippen LogP contribution >= 0.6 is 0 Å². The summed E-state index contributed by atoms with van der Waals surface area (Å²) >= 11 is 0. The van der Waals surface area contributed by atoms with Crippen molar-refractivity contribution >= 4 is 11.6 Å². The summed E-state index contributed by atoms with van der Waals surface area (Å²) < 4.78 is 13.3. The summed E-state index contributed by atoms with van der Waals surface area (Å²) in [6.07, 6.45) is 5.01. The summed E-state index contributed by atoms with van der Waals surface area (Å²) in [5.74, 6) is 1.57. The second-order valence-electron chi connectivity index (χ2n) is 3.34. The highest BCUT2D eigenvalue weighted by Crippen LogP contribution is 2.15. The van der Waals surface area contributed by atoms with Crippen LogP contribution in [0.5, 0.6) is 0 Å². The molecule has 0 saturated heterocycles. The third-order valence-corrected chi connectivity index (χ3v) is 1.91. The van der Waals surface area contributed by atoms with Gasteiger partial charge in [0.25, 0.3) is 0 Å². The topological polar surface area (TPSA) is 41.1 Å². The number of rotatable bonds is 4. The first-order chi connectivity index (χ1) is 7.63. The van der Waals surface area contributed by atoms with Gasteiger partial charge in [-0.3, -0.25) is 10.1 Å². The van der Waals surface area contributed by atoms with Crippen molar-refractivity contribution in [3.05, 3.63) is 29.6 Å². The summed E-state index contributed by atoms with van der Waals surface area (Å²) in [6.45, 7) is 2.20. The number of benzene rings is 1. The van der Waals surface area contributed by atoms with Gasteiger partial charge in [-0.05, 0) is 24.6 Å². The molecule has 1 rings (SSSR count). The fraction of sp³-hybridized carbons (Fsp3) is 0.250. The van der Waals surface area contributed by atoms with Crippen molar-refractivity contribution in [2.24, 2.45) is 0 Å². The Bertz CT molecular complexity index is 424. The van der Waals surface area contributed by atoms with Crippen molar-refractivity contribution in [3.63, 3.8) is 0 Å². The number of halogens is 1. The number of nitrogens with one attached hydrogen (secondary N) is 2. The maximum atomic E-state index is 13.3. The number of carbonyl (C=O) groups is 1. The molecule has 0 spiro atoms. The average molecular weight is 220 g/mol. The Hall–Kier alpha value is -1.86. The number of terminal acetylenes is 1. The molecule has 0 aliphatic carbocycles. The number of aryl methyl sites for hydroxylation is 1. The van der Waals surface area contributed by atoms with Crippen molar-refractivity contribution in [1.29, 1.82) is 0 Å². The molecule has 0 bridgehead atoms. The lowest BCUT2D eigenvalue weighted by Gasteiger charge is -2.07. The molecule has 0 radical (unpaired) electrons. The van der Waals surface area contributed by atoms with Gasteiger partial charge in [0.05, 0.1) is 18.8 Å². The van der Waals surface area contributed by atoms with Gasteiger partial charge in [-0.25, -0.2) is 4.39 Å². The lowest BCUT2D eigenvalue weighted by molar-refractivity contribution is -0.115. The van der Waals surface area contributed by atoms with Crippen LogP contribution in [0.1, 0.15) is 5.56 Å². The van der Waals surface area contributed by atoms with Crippen molar-refractivity contribution in [1.82, 2.24) is 5.32 Å². The molecule has 0 aromatic heterocycles. The zero-order valence-corrected chi connectivity index (χ0v) is 9.01. The van der Waals surface area contributed by atoms with E-state index in [1.54, 1.807) is 12.1 Å². The van der Waals surface area contributed by atoms with Gasteiger partial charge < -0.3 is 5.32 Å². The van der Waals surface area contributed by atoms with E-state index in [1.165, 1.54) is 6.07 Å². The van der Waals surface area contributed by atoms with Gasteiger partial charge in [0.2, 0.25) is 5.91 Å². The highest BCUT2D eigenvalue weighted by molar-refractivity contribution is 5.92. The van der Waals surface area contributed by atoms with E-state index in [-0.39, 0.29) is 18.1 Å². The first-order valence-electron chi connectivity index (χ1n) is 4.83. The zero-order valence-electron chi connectivity index (χ0n) is 9.01. The highest BCUT2D eigenvalue weighted by Gasteiger charge is 2.06. The molecule has 0 unspecified atom stereocenters. The third-order valence-electron chi connectivity index (χ3n) is 1.91. The summed E-state index contributed by atoms with van der Waals surface area (Å²) in [5.41, 5.74) is 1.07. The fourth-order valence-corrected chi connectivity index (χ4v) is 1.18. The van der Waals surface area contributed by atoms with Gasteiger partial charge in [-0.2, -0.15) is 0 Å². The average Bonchev–Trinajstić information content (AvgIpc) is 2.24. The highest BCUT2D eigenvalue weighted by atomic mass is 19.1. The Labute approximate surface area is 94.0 Å². The van der Waals surface area contributed by atoms with Crippen molar-refractivity contribution in [2.45, 2.75) is 6.92 Å². The summed E-state index contributed by atoms with van der Waals surface area (Å²) in [6, 6.07) is 4.54. The standard InChI is InChI=1S/C12H13FN2O/c1-3-6-14-8-12(16)15-11-7-9(2)4-5-10(11)13/h1,4-5,7,14H,6,8H2,2H3,(H,15,16). The molecule has 0 aliphatic heterocycles. The second kappa shape index (κ2) is 5.89. The van der Waals surface area contributed by atoms with Crippen LogP contribution in [0.15, 0.2) is 18.2 Å². The van der Waals surface area contributed by atoms with Crippen LogP contribution in [-0.2, 0) is 4.79 Å². The van der Waals surface area contributed by atoms with Crippen LogP contribution in [0.4, 0.5) is 10.1 Å². The van der Waals surface area contributed by atoms with Crippen molar-refractivity contribution in [3.8, 4) is 12.3 Å². The van der Waals surface area contributed by atoms with Gasteiger partial charge in [0.15, 0.2) is 0 Å². The Kier molecular flexibility index (Phi) is 4.49. The smallest absolute Gasteiger partial charge is 0.238 e. The van der Waals surface area contributed by atoms with E-state index in [4.69, 9.17) is 6.42 Å². The van der Waals surface area contributed by atoms with E-state index in [2.05, 4.69) is 16.6 Å². The minimum atomic E-state index is -0.448. The van der Waals surface area contributed by atoms with E-state index >= 15 is 0 Å². The third kappa shape index (κ3) is 3.71. The molecule has 0 fully saturated rings. The largest absolute Gasteiger partial charge is 0.322 e. The quantitative estimate of drug-likeness (QED) is 0.593. The maximum Gasteiger partial charge on any atom is 0.238 e. The lowest BCUT2D eigenvalue weighted by Crippen LogP contribution is -2.28. The number of anilines is 1. The van der Waals surface area contributed by atoms with Gasteiger partial charge in [-0.15, -0.1) is 6.42 Å². The van der Waals surface area contributed by atoms with Crippen LogP contribution in [0.3, 0.4) is 0 Å². The van der Waals surface area contributed by atoms with Crippen LogP contribution in [0.25, 0.3) is 0 Å². The van der Waals surface area contributed by atoms with Gasteiger partial charge in [-0.1, -0.05) is 12.0 Å². The van der Waals surface area contributed by atoms with E-state index in [0.29, 0.717) is 6.54 Å². The molecular formula is C12H13FN2O. The monoisotopic (exact) mass is 220 g/mol. The Morgan fingerprint density at radius 3 is 3.00 bits per heavy atom. The molecule has 16 heavy (non-hydrogen) atoms. The van der Waals surface area contributed by atoms with Crippen LogP contribution in [-0.4, -0.2) is 19.0 Å².